The number of imidazole rings is 3. The van der Waals surface area contributed by atoms with Crippen molar-refractivity contribution >= 4 is 160 Å². The number of aliphatic carboxylic acids is 1. The van der Waals surface area contributed by atoms with Crippen molar-refractivity contribution in [3.8, 4) is 28.0 Å². The maximum Gasteiger partial charge on any atom is 0.377 e. The van der Waals surface area contributed by atoms with Crippen molar-refractivity contribution in [3.63, 3.8) is 0 Å². The van der Waals surface area contributed by atoms with Gasteiger partial charge in [-0.1, -0.05) is 142 Å². The lowest BCUT2D eigenvalue weighted by Gasteiger charge is -2.28. The third kappa shape index (κ3) is 24.9. The number of halogens is 6. The first kappa shape index (κ1) is 89.7. The summed E-state index contributed by atoms with van der Waals surface area (Å²) in [5, 5.41) is 50.4. The van der Waals surface area contributed by atoms with Crippen molar-refractivity contribution in [1.29, 1.82) is 0 Å². The first-order valence-electron chi connectivity index (χ1n) is 37.5. The van der Waals surface area contributed by atoms with E-state index in [2.05, 4.69) is 181 Å². The highest BCUT2D eigenvalue weighted by Crippen LogP contribution is 2.36. The van der Waals surface area contributed by atoms with E-state index in [0.29, 0.717) is 61.7 Å². The number of carboxylic acids is 1. The summed E-state index contributed by atoms with van der Waals surface area (Å²) in [6, 6.07) is 52.4. The lowest BCUT2D eigenvalue weighted by molar-refractivity contribution is -0.387. The van der Waals surface area contributed by atoms with Gasteiger partial charge in [-0.25, -0.2) is 19.7 Å². The van der Waals surface area contributed by atoms with Crippen LogP contribution in [-0.2, 0) is 9.59 Å². The molecule has 7 N–H and O–H groups in total. The van der Waals surface area contributed by atoms with Gasteiger partial charge in [0.05, 0.1) is 90.5 Å². The molecule has 0 radical (unpaired) electrons. The predicted molar refractivity (Wildman–Crippen MR) is 471 cm³/mol. The van der Waals surface area contributed by atoms with E-state index in [4.69, 9.17) is 27.2 Å². The number of fused-ring (bicyclic) bond motifs is 3. The van der Waals surface area contributed by atoms with Gasteiger partial charge in [-0.15, -0.1) is 0 Å². The van der Waals surface area contributed by atoms with Gasteiger partial charge in [-0.3, -0.25) is 34.6 Å². The first-order chi connectivity index (χ1) is 55.1. The minimum absolute atomic E-state index is 0.0908. The van der Waals surface area contributed by atoms with Crippen LogP contribution in [0.1, 0.15) is 145 Å². The molecule has 1 aliphatic heterocycles. The van der Waals surface area contributed by atoms with Crippen LogP contribution in [0.5, 0.6) is 5.75 Å². The number of carbonyl (C=O) groups is 4. The van der Waals surface area contributed by atoms with E-state index in [9.17, 15) is 48.9 Å². The monoisotopic (exact) mass is 1850 g/mol. The van der Waals surface area contributed by atoms with Gasteiger partial charge in [0.25, 0.3) is 17.4 Å². The van der Waals surface area contributed by atoms with Gasteiger partial charge >= 0.3 is 11.7 Å². The summed E-state index contributed by atoms with van der Waals surface area (Å²) < 4.78 is 28.1. The summed E-state index contributed by atoms with van der Waals surface area (Å²) in [5.74, 6) is -3.98. The third-order valence-corrected chi connectivity index (χ3v) is 20.6. The number of ketones is 2. The van der Waals surface area contributed by atoms with Crippen molar-refractivity contribution in [1.82, 2.24) is 38.9 Å². The summed E-state index contributed by atoms with van der Waals surface area (Å²) in [6.07, 6.45) is 8.87. The van der Waals surface area contributed by atoms with Crippen molar-refractivity contribution in [2.45, 2.75) is 143 Å². The standard InChI is InChI=1S/C34H37ClN4O4.C18H16N2O3.C10H11BrN2.C9H11BrN2O2.C9H13BrN2.C6H3BrFNO2/c1-21(2)39-20-36-28-18-24(9-13-30(28)39)22-5-7-23(8-6-22)33(41)34(42)37-29(19-38-15-3-4-16-38)32(40)25-10-14-31(27(35)17-25)43-26-11-12-26;1-11(2)20-10-19-15-9-14(7-8-16(15)20)12-3-5-13(6-4-12)17(21)18(22)23;1-7(2)13-6-12-9-5-8(11)3-4-10(9)13;1-6(2)11-8-4-3-7(10)5-9(8)12(13)14;1-6(2)12-9-4-3-7(10)5-8(9)11;7-4-1-2-5(8)6(3-4)9(10)11/h5-10,13-14,17-18,20-21,26,29,32,40H,3-4,11-12,15-16,19H2,1-2H3,(H,37,42);3-11H,1-2H3,(H,22,23);3-7H,1-2H3;3-6,11H,1-2H3;3-6,12H,11H2,1-2H3;1-3H/t29-,32-;;;;;/m1...../s1. The van der Waals surface area contributed by atoms with Gasteiger partial charge in [-0.2, -0.15) is 4.39 Å². The van der Waals surface area contributed by atoms with Crippen LogP contribution in [0.3, 0.4) is 0 Å². The summed E-state index contributed by atoms with van der Waals surface area (Å²) in [4.78, 5) is 83.7. The fourth-order valence-corrected chi connectivity index (χ4v) is 14.0. The van der Waals surface area contributed by atoms with Gasteiger partial charge in [0, 0.05) is 77.9 Å². The molecule has 1 saturated heterocycles. The van der Waals surface area contributed by atoms with Crippen LogP contribution in [0.2, 0.25) is 5.02 Å². The summed E-state index contributed by atoms with van der Waals surface area (Å²) >= 11 is 19.4. The highest BCUT2D eigenvalue weighted by atomic mass is 79.9. The fourth-order valence-electron chi connectivity index (χ4n) is 12.3. The first-order valence-corrected chi connectivity index (χ1v) is 41.0. The Morgan fingerprint density at radius 3 is 1.42 bits per heavy atom. The molecule has 4 heterocycles. The minimum atomic E-state index is -1.45. The highest BCUT2D eigenvalue weighted by molar-refractivity contribution is 9.11. The number of nitrogens with zero attached hydrogens (tertiary/aromatic N) is 9. The van der Waals surface area contributed by atoms with Crippen LogP contribution in [0, 0.1) is 26.0 Å². The van der Waals surface area contributed by atoms with Crippen LogP contribution in [-0.4, -0.2) is 121 Å². The van der Waals surface area contributed by atoms with Crippen molar-refractivity contribution < 1.29 is 48.4 Å². The molecule has 30 heteroatoms. The Hall–Kier alpha value is -10.3. The SMILES string of the molecule is CC(C)Nc1ccc(Br)cc1N.CC(C)Nc1ccc(Br)cc1[N+](=O)[O-].CC(C)n1cnc2cc(-c3ccc(C(=O)C(=O)N[C@H](CN4CCCC4)[C@H](O)c4ccc(OC5CC5)c(Cl)c4)cc3)ccc21.CC(C)n1cnc2cc(-c3ccc(C(=O)C(=O)O)cc3)ccc21.CC(C)n1cnc2cc(Br)ccc21.O=[N+]([O-])c1cc(Br)ccc1F. The molecule has 0 unspecified atom stereocenters. The molecule has 1 aliphatic carbocycles. The number of nitrogens with two attached hydrogens (primary N) is 1. The maximum atomic E-state index is 13.2. The number of likely N-dealkylation sites (tertiary alicyclic amines) is 1. The molecule has 1 amide bonds. The predicted octanol–water partition coefficient (Wildman–Crippen LogP) is 21.4. The molecule has 2 fully saturated rings. The summed E-state index contributed by atoms with van der Waals surface area (Å²) in [6.45, 7) is 23.0. The normalized spacial score (nSPS) is 12.9. The number of Topliss-reactive ketones (excluding diaryl/α,β-unsaturated/α-hetero) is 2. The quantitative estimate of drug-likeness (QED) is 0.0121. The number of ether oxygens (including phenoxy) is 1. The lowest BCUT2D eigenvalue weighted by atomic mass is 9.99. The Bertz CT molecular complexity index is 5460. The number of nitro benzene ring substituents is 2. The molecular weight excluding hydrogens is 1770 g/mol. The highest BCUT2D eigenvalue weighted by Gasteiger charge is 2.31. The number of aliphatic hydroxyl groups is 1. The van der Waals surface area contributed by atoms with E-state index < -0.39 is 56.9 Å². The second-order valence-corrected chi connectivity index (χ2v) is 33.1. The third-order valence-electron chi connectivity index (χ3n) is 18.3. The van der Waals surface area contributed by atoms with Gasteiger partial charge in [-0.05, 0) is 233 Å². The molecular formula is C86H91Br4ClFN13O11. The lowest BCUT2D eigenvalue weighted by Crippen LogP contribution is -2.48. The number of aromatic nitrogens is 6. The van der Waals surface area contributed by atoms with E-state index >= 15 is 0 Å². The van der Waals surface area contributed by atoms with Crippen LogP contribution in [0.15, 0.2) is 213 Å². The fraction of sp³-hybridized carbons (Fsp3) is 0.291. The molecule has 3 aromatic heterocycles. The van der Waals surface area contributed by atoms with E-state index in [1.807, 2.05) is 106 Å². The number of hydrogen-bond acceptors (Lipinski definition) is 17. The second kappa shape index (κ2) is 41.5. The minimum Gasteiger partial charge on any atom is -0.489 e. The van der Waals surface area contributed by atoms with Crippen LogP contribution >= 0.6 is 75.3 Å². The number of carboxylic acid groups (broad SMARTS) is 1. The number of nitrogen functional groups attached to an aromatic ring is 1. The average molecular weight is 1860 g/mol. The Kier molecular flexibility index (Phi) is 32.1. The number of nitrogens with one attached hydrogen (secondary N) is 3. The van der Waals surface area contributed by atoms with Crippen LogP contribution in [0.4, 0.5) is 32.8 Å². The van der Waals surface area contributed by atoms with Gasteiger partial charge in [0.2, 0.25) is 11.6 Å². The zero-order valence-electron chi connectivity index (χ0n) is 65.5. The zero-order valence-corrected chi connectivity index (χ0v) is 72.6. The van der Waals surface area contributed by atoms with Gasteiger partial charge < -0.3 is 55.2 Å². The second-order valence-electron chi connectivity index (χ2n) is 29.0. The van der Waals surface area contributed by atoms with Crippen molar-refractivity contribution in [2.75, 3.05) is 36.0 Å². The molecule has 2 atom stereocenters. The summed E-state index contributed by atoms with van der Waals surface area (Å²) in [7, 11) is 0. The van der Waals surface area contributed by atoms with E-state index in [0.717, 1.165) is 121 Å². The van der Waals surface area contributed by atoms with Crippen molar-refractivity contribution in [2.24, 2.45) is 0 Å². The molecule has 2 aliphatic rings. The Labute approximate surface area is 710 Å². The largest absolute Gasteiger partial charge is 0.489 e. The van der Waals surface area contributed by atoms with Crippen molar-refractivity contribution in [3.05, 3.63) is 261 Å². The number of carbonyl (C=O) groups excluding carboxylic acids is 3. The molecule has 24 nitrogen and oxygen atoms in total. The number of amides is 1. The molecule has 116 heavy (non-hydrogen) atoms. The van der Waals surface area contributed by atoms with Crippen LogP contribution in [0.25, 0.3) is 55.4 Å². The number of rotatable bonds is 22. The zero-order chi connectivity index (χ0) is 84.4. The number of anilines is 3. The Balaban J connectivity index is 0.000000176. The molecule has 1 saturated carbocycles. The maximum absolute atomic E-state index is 13.2. The smallest absolute Gasteiger partial charge is 0.377 e. The molecule has 14 rings (SSSR count). The topological polar surface area (TPSA) is 323 Å². The van der Waals surface area contributed by atoms with Gasteiger partial charge in [0.1, 0.15) is 17.5 Å². The van der Waals surface area contributed by atoms with Gasteiger partial charge in [0.15, 0.2) is 0 Å². The molecule has 0 spiro atoms. The number of aliphatic hydroxyl groups excluding tert-OH is 1. The molecule has 608 valence electrons. The number of hydrogen-bond donors (Lipinski definition) is 6. The average Bonchev–Trinajstić information content (AvgIpc) is 1.67. The molecule has 12 aromatic rings. The number of nitro groups is 2. The molecule has 9 aromatic carbocycles. The van der Waals surface area contributed by atoms with E-state index in [1.165, 1.54) is 29.8 Å². The van der Waals surface area contributed by atoms with Crippen LogP contribution < -0.4 is 26.4 Å². The van der Waals surface area contributed by atoms with E-state index in [1.54, 1.807) is 54.6 Å². The Morgan fingerprint density at radius 1 is 0.552 bits per heavy atom. The van der Waals surface area contributed by atoms with E-state index in [-0.39, 0.29) is 29.0 Å². The Morgan fingerprint density at radius 2 is 0.974 bits per heavy atom. The molecule has 0 bridgehead atoms. The summed E-state index contributed by atoms with van der Waals surface area (Å²) in [5.41, 5.74) is 18.7. The number of benzene rings is 9.